The predicted octanol–water partition coefficient (Wildman–Crippen LogP) is 2.62. The van der Waals surface area contributed by atoms with Gasteiger partial charge in [0.2, 0.25) is 0 Å². The molecule has 0 radical (unpaired) electrons. The lowest BCUT2D eigenvalue weighted by atomic mass is 10.3. The molecule has 0 aliphatic rings. The first-order chi connectivity index (χ1) is 8.47. The smallest absolute Gasteiger partial charge is 0.330 e. The molecule has 0 saturated heterocycles. The zero-order valence-corrected chi connectivity index (χ0v) is 9.96. The van der Waals surface area contributed by atoms with Gasteiger partial charge in [0.15, 0.2) is 0 Å². The summed E-state index contributed by atoms with van der Waals surface area (Å²) in [4.78, 5) is 4.37. The summed E-state index contributed by atoms with van der Waals surface area (Å²) >= 11 is 0. The summed E-state index contributed by atoms with van der Waals surface area (Å²) < 4.78 is 37.8. The van der Waals surface area contributed by atoms with Crippen LogP contribution in [0, 0.1) is 0 Å². The van der Waals surface area contributed by atoms with E-state index in [1.54, 1.807) is 0 Å². The van der Waals surface area contributed by atoms with Crippen molar-refractivity contribution >= 4 is 11.0 Å². The lowest BCUT2D eigenvalue weighted by Gasteiger charge is -2.07. The van der Waals surface area contributed by atoms with E-state index in [1.807, 2.05) is 35.9 Å². The zero-order chi connectivity index (χ0) is 13.2. The Morgan fingerprint density at radius 3 is 2.67 bits per heavy atom. The summed E-state index contributed by atoms with van der Waals surface area (Å²) in [6.45, 7) is 0.244. The van der Waals surface area contributed by atoms with E-state index in [4.69, 9.17) is 0 Å². The van der Waals surface area contributed by atoms with Gasteiger partial charge >= 0.3 is 6.18 Å². The first-order valence-electron chi connectivity index (χ1n) is 5.65. The number of fused-ring (bicyclic) bond motifs is 1. The first kappa shape index (κ1) is 12.9. The lowest BCUT2D eigenvalue weighted by molar-refractivity contribution is -0.133. The molecule has 1 aromatic heterocycles. The van der Waals surface area contributed by atoms with Crippen molar-refractivity contribution in [1.82, 2.24) is 14.9 Å². The molecule has 2 rings (SSSR count). The number of para-hydroxylation sites is 2. The van der Waals surface area contributed by atoms with E-state index in [0.29, 0.717) is 6.54 Å². The second-order valence-electron chi connectivity index (χ2n) is 4.12. The Kier molecular flexibility index (Phi) is 3.56. The Hall–Kier alpha value is -1.56. The maximum atomic E-state index is 12.0. The summed E-state index contributed by atoms with van der Waals surface area (Å²) in [5, 5.41) is 2.76. The number of aromatic nitrogens is 2. The molecule has 6 heteroatoms. The van der Waals surface area contributed by atoms with Gasteiger partial charge in [-0.3, -0.25) is 0 Å². The number of nitrogens with zero attached hydrogens (tertiary/aromatic N) is 2. The summed E-state index contributed by atoms with van der Waals surface area (Å²) in [7, 11) is 1.86. The van der Waals surface area contributed by atoms with Crippen molar-refractivity contribution in [2.45, 2.75) is 19.1 Å². The molecule has 1 heterocycles. The number of rotatable bonds is 4. The number of hydrogen-bond donors (Lipinski definition) is 1. The summed E-state index contributed by atoms with van der Waals surface area (Å²) in [5.74, 6) is 0.735. The molecule has 0 bridgehead atoms. The minimum Gasteiger partial charge on any atom is -0.330 e. The monoisotopic (exact) mass is 257 g/mol. The van der Waals surface area contributed by atoms with Crippen LogP contribution in [0.1, 0.15) is 12.2 Å². The molecule has 0 atom stereocenters. The van der Waals surface area contributed by atoms with Crippen LogP contribution in [0.5, 0.6) is 0 Å². The summed E-state index contributed by atoms with van der Waals surface area (Å²) in [6.07, 6.45) is -4.93. The van der Waals surface area contributed by atoms with Crippen LogP contribution in [0.3, 0.4) is 0 Å². The molecule has 0 aliphatic heterocycles. The zero-order valence-electron chi connectivity index (χ0n) is 9.96. The van der Waals surface area contributed by atoms with Crippen LogP contribution >= 0.6 is 0 Å². The van der Waals surface area contributed by atoms with Crippen molar-refractivity contribution in [3.8, 4) is 0 Å². The van der Waals surface area contributed by atoms with Crippen molar-refractivity contribution in [2.24, 2.45) is 7.05 Å². The van der Waals surface area contributed by atoms with Crippen molar-refractivity contribution in [3.63, 3.8) is 0 Å². The van der Waals surface area contributed by atoms with Crippen LogP contribution in [0.4, 0.5) is 13.2 Å². The number of alkyl halides is 3. The van der Waals surface area contributed by atoms with Crippen LogP contribution < -0.4 is 5.32 Å². The Bertz CT molecular complexity index is 531. The van der Waals surface area contributed by atoms with Gasteiger partial charge in [-0.15, -0.1) is 0 Å². The average Bonchev–Trinajstić information content (AvgIpc) is 2.62. The molecule has 0 saturated carbocycles. The molecular formula is C12H14F3N3. The molecule has 0 aliphatic carbocycles. The lowest BCUT2D eigenvalue weighted by Crippen LogP contribution is -2.22. The second-order valence-corrected chi connectivity index (χ2v) is 4.12. The van der Waals surface area contributed by atoms with Gasteiger partial charge in [-0.05, 0) is 12.1 Å². The molecule has 98 valence electrons. The van der Waals surface area contributed by atoms with E-state index >= 15 is 0 Å². The molecular weight excluding hydrogens is 243 g/mol. The number of halogens is 3. The van der Waals surface area contributed by atoms with Crippen molar-refractivity contribution in [3.05, 3.63) is 30.1 Å². The quantitative estimate of drug-likeness (QED) is 0.853. The second kappa shape index (κ2) is 4.97. The molecule has 18 heavy (non-hydrogen) atoms. The van der Waals surface area contributed by atoms with E-state index in [0.717, 1.165) is 16.9 Å². The van der Waals surface area contributed by atoms with Crippen molar-refractivity contribution in [2.75, 3.05) is 6.54 Å². The van der Waals surface area contributed by atoms with E-state index in [-0.39, 0.29) is 6.54 Å². The Morgan fingerprint density at radius 2 is 2.00 bits per heavy atom. The third kappa shape index (κ3) is 3.01. The molecule has 0 unspecified atom stereocenters. The largest absolute Gasteiger partial charge is 0.390 e. The van der Waals surface area contributed by atoms with Crippen LogP contribution in [0.15, 0.2) is 24.3 Å². The van der Waals surface area contributed by atoms with Gasteiger partial charge in [0.25, 0.3) is 0 Å². The highest BCUT2D eigenvalue weighted by Gasteiger charge is 2.25. The highest BCUT2D eigenvalue weighted by atomic mass is 19.4. The fraction of sp³-hybridized carbons (Fsp3) is 0.417. The summed E-state index contributed by atoms with van der Waals surface area (Å²) in [6, 6.07) is 7.61. The minimum absolute atomic E-state index is 0.0906. The van der Waals surface area contributed by atoms with Gasteiger partial charge < -0.3 is 9.88 Å². The fourth-order valence-electron chi connectivity index (χ4n) is 1.78. The van der Waals surface area contributed by atoms with Gasteiger partial charge in [0.05, 0.1) is 24.0 Å². The van der Waals surface area contributed by atoms with E-state index in [9.17, 15) is 13.2 Å². The predicted molar refractivity (Wildman–Crippen MR) is 63.1 cm³/mol. The molecule has 2 aromatic rings. The molecule has 0 fully saturated rings. The van der Waals surface area contributed by atoms with Crippen molar-refractivity contribution < 1.29 is 13.2 Å². The van der Waals surface area contributed by atoms with E-state index in [2.05, 4.69) is 10.3 Å². The van der Waals surface area contributed by atoms with Gasteiger partial charge in [0, 0.05) is 13.6 Å². The highest BCUT2D eigenvalue weighted by Crippen LogP contribution is 2.18. The van der Waals surface area contributed by atoms with Crippen LogP contribution in [0.25, 0.3) is 11.0 Å². The maximum absolute atomic E-state index is 12.0. The van der Waals surface area contributed by atoms with E-state index < -0.39 is 12.6 Å². The number of aryl methyl sites for hydroxylation is 1. The number of imidazole rings is 1. The standard InChI is InChI=1S/C12H14F3N3/c1-18-10-5-3-2-4-9(10)17-11(18)8-16-7-6-12(13,14)15/h2-5,16H,6-8H2,1H3. The minimum atomic E-state index is -4.11. The highest BCUT2D eigenvalue weighted by molar-refractivity contribution is 5.75. The van der Waals surface area contributed by atoms with Crippen molar-refractivity contribution in [1.29, 1.82) is 0 Å². The number of benzene rings is 1. The van der Waals surface area contributed by atoms with E-state index in [1.165, 1.54) is 0 Å². The normalized spacial score (nSPS) is 12.2. The van der Waals surface area contributed by atoms with Gasteiger partial charge in [0.1, 0.15) is 5.82 Å². The third-order valence-electron chi connectivity index (χ3n) is 2.75. The van der Waals surface area contributed by atoms with Gasteiger partial charge in [-0.1, -0.05) is 12.1 Å². The molecule has 0 amide bonds. The summed E-state index contributed by atoms with van der Waals surface area (Å²) in [5.41, 5.74) is 1.83. The number of hydrogen-bond acceptors (Lipinski definition) is 2. The Labute approximate surface area is 103 Å². The van der Waals surface area contributed by atoms with Crippen LogP contribution in [0.2, 0.25) is 0 Å². The van der Waals surface area contributed by atoms with Crippen LogP contribution in [-0.4, -0.2) is 22.3 Å². The van der Waals surface area contributed by atoms with Crippen LogP contribution in [-0.2, 0) is 13.6 Å². The molecule has 3 nitrogen and oxygen atoms in total. The third-order valence-corrected chi connectivity index (χ3v) is 2.75. The maximum Gasteiger partial charge on any atom is 0.390 e. The topological polar surface area (TPSA) is 29.9 Å². The number of nitrogens with one attached hydrogen (secondary N) is 1. The fourth-order valence-corrected chi connectivity index (χ4v) is 1.78. The van der Waals surface area contributed by atoms with Gasteiger partial charge in [-0.25, -0.2) is 4.98 Å². The average molecular weight is 257 g/mol. The first-order valence-corrected chi connectivity index (χ1v) is 5.65. The SMILES string of the molecule is Cn1c(CNCCC(F)(F)F)nc2ccccc21. The Morgan fingerprint density at radius 1 is 1.28 bits per heavy atom. The Balaban J connectivity index is 1.98. The molecule has 0 spiro atoms. The molecule has 1 aromatic carbocycles. The molecule has 1 N–H and O–H groups in total. The van der Waals surface area contributed by atoms with Gasteiger partial charge in [-0.2, -0.15) is 13.2 Å².